The highest BCUT2D eigenvalue weighted by atomic mass is 16.3. The molecule has 0 saturated carbocycles. The van der Waals surface area contributed by atoms with Crippen molar-refractivity contribution in [2.24, 2.45) is 5.92 Å². The summed E-state index contributed by atoms with van der Waals surface area (Å²) in [5.41, 5.74) is 0. The third kappa shape index (κ3) is 6.07. The average molecular weight is 158 g/mol. The van der Waals surface area contributed by atoms with E-state index in [1.807, 2.05) is 13.0 Å². The van der Waals surface area contributed by atoms with Gasteiger partial charge in [0.25, 0.3) is 0 Å². The Kier molecular flexibility index (Phi) is 6.18. The first-order valence-electron chi connectivity index (χ1n) is 4.12. The molecule has 0 saturated heterocycles. The van der Waals surface area contributed by atoms with Gasteiger partial charge in [-0.3, -0.25) is 0 Å². The molecule has 2 unspecified atom stereocenters. The Hall–Kier alpha value is -0.340. The zero-order valence-corrected chi connectivity index (χ0v) is 7.16. The van der Waals surface area contributed by atoms with Gasteiger partial charge in [0.05, 0.1) is 6.10 Å². The van der Waals surface area contributed by atoms with Gasteiger partial charge in [-0.25, -0.2) is 0 Å². The summed E-state index contributed by atoms with van der Waals surface area (Å²) in [6, 6.07) is 0. The molecule has 2 heteroatoms. The lowest BCUT2D eigenvalue weighted by atomic mass is 10.0. The topological polar surface area (TPSA) is 40.5 Å². The number of hydrogen-bond acceptors (Lipinski definition) is 2. The van der Waals surface area contributed by atoms with Gasteiger partial charge >= 0.3 is 0 Å². The van der Waals surface area contributed by atoms with Gasteiger partial charge in [0.15, 0.2) is 0 Å². The van der Waals surface area contributed by atoms with Crippen LogP contribution in [0.15, 0.2) is 12.7 Å². The minimum atomic E-state index is -0.282. The fourth-order valence-electron chi connectivity index (χ4n) is 0.970. The summed E-state index contributed by atoms with van der Waals surface area (Å²) in [6.45, 7) is 5.82. The van der Waals surface area contributed by atoms with Crippen LogP contribution in [-0.2, 0) is 0 Å². The fraction of sp³-hybridized carbons (Fsp3) is 0.778. The number of aliphatic hydroxyl groups excluding tert-OH is 2. The minimum Gasteiger partial charge on any atom is -0.396 e. The standard InChI is InChI=1S/C9H18O2/c1-3-8(2)7-9(11)5-4-6-10/h3,8-11H,1,4-7H2,2H3. The van der Waals surface area contributed by atoms with Crippen LogP contribution in [0.2, 0.25) is 0 Å². The SMILES string of the molecule is C=CC(C)CC(O)CCCO. The normalized spacial score (nSPS) is 15.9. The summed E-state index contributed by atoms with van der Waals surface area (Å²) in [4.78, 5) is 0. The van der Waals surface area contributed by atoms with Crippen LogP contribution >= 0.6 is 0 Å². The predicted octanol–water partition coefficient (Wildman–Crippen LogP) is 1.33. The van der Waals surface area contributed by atoms with Gasteiger partial charge in [-0.05, 0) is 25.2 Å². The second-order valence-corrected chi connectivity index (χ2v) is 2.97. The van der Waals surface area contributed by atoms with Gasteiger partial charge in [-0.2, -0.15) is 0 Å². The highest BCUT2D eigenvalue weighted by molar-refractivity contribution is 4.77. The van der Waals surface area contributed by atoms with Gasteiger partial charge in [-0.1, -0.05) is 13.0 Å². The smallest absolute Gasteiger partial charge is 0.0546 e. The van der Waals surface area contributed by atoms with E-state index in [2.05, 4.69) is 6.58 Å². The first kappa shape index (κ1) is 10.7. The number of hydrogen-bond donors (Lipinski definition) is 2. The quantitative estimate of drug-likeness (QED) is 0.572. The molecular formula is C9H18O2. The molecule has 66 valence electrons. The summed E-state index contributed by atoms with van der Waals surface area (Å²) in [7, 11) is 0. The van der Waals surface area contributed by atoms with Crippen molar-refractivity contribution in [3.05, 3.63) is 12.7 Å². The van der Waals surface area contributed by atoms with Crippen molar-refractivity contribution in [1.82, 2.24) is 0 Å². The Labute approximate surface area is 68.6 Å². The van der Waals surface area contributed by atoms with Crippen LogP contribution in [0.25, 0.3) is 0 Å². The van der Waals surface area contributed by atoms with Gasteiger partial charge in [-0.15, -0.1) is 6.58 Å². The van der Waals surface area contributed by atoms with Crippen LogP contribution in [0, 0.1) is 5.92 Å². The van der Waals surface area contributed by atoms with Crippen LogP contribution in [0.1, 0.15) is 26.2 Å². The molecule has 0 bridgehead atoms. The number of allylic oxidation sites excluding steroid dienone is 1. The first-order chi connectivity index (χ1) is 5.20. The van der Waals surface area contributed by atoms with E-state index in [9.17, 15) is 5.11 Å². The molecule has 0 fully saturated rings. The number of aliphatic hydroxyl groups is 2. The maximum absolute atomic E-state index is 9.32. The van der Waals surface area contributed by atoms with Crippen molar-refractivity contribution in [3.63, 3.8) is 0 Å². The van der Waals surface area contributed by atoms with Crippen LogP contribution in [0.5, 0.6) is 0 Å². The van der Waals surface area contributed by atoms with E-state index in [4.69, 9.17) is 5.11 Å². The van der Waals surface area contributed by atoms with Gasteiger partial charge in [0.2, 0.25) is 0 Å². The molecule has 0 aliphatic heterocycles. The number of rotatable bonds is 6. The highest BCUT2D eigenvalue weighted by Gasteiger charge is 2.06. The molecule has 0 heterocycles. The second-order valence-electron chi connectivity index (χ2n) is 2.97. The molecule has 2 N–H and O–H groups in total. The van der Waals surface area contributed by atoms with Gasteiger partial charge < -0.3 is 10.2 Å². The lowest BCUT2D eigenvalue weighted by Gasteiger charge is -2.12. The molecule has 0 aliphatic rings. The molecule has 2 atom stereocenters. The fourth-order valence-corrected chi connectivity index (χ4v) is 0.970. The second kappa shape index (κ2) is 6.38. The first-order valence-corrected chi connectivity index (χ1v) is 4.12. The third-order valence-electron chi connectivity index (χ3n) is 1.74. The van der Waals surface area contributed by atoms with E-state index in [-0.39, 0.29) is 12.7 Å². The van der Waals surface area contributed by atoms with Crippen LogP contribution < -0.4 is 0 Å². The average Bonchev–Trinajstić information content (AvgIpc) is 2.00. The molecule has 0 aromatic carbocycles. The molecule has 0 radical (unpaired) electrons. The predicted molar refractivity (Wildman–Crippen MR) is 46.3 cm³/mol. The van der Waals surface area contributed by atoms with Gasteiger partial charge in [0.1, 0.15) is 0 Å². The van der Waals surface area contributed by atoms with E-state index in [0.29, 0.717) is 18.8 Å². The van der Waals surface area contributed by atoms with E-state index in [0.717, 1.165) is 6.42 Å². The Bertz CT molecular complexity index is 102. The zero-order chi connectivity index (χ0) is 8.69. The van der Waals surface area contributed by atoms with Crippen LogP contribution in [-0.4, -0.2) is 22.9 Å². The van der Waals surface area contributed by atoms with Crippen molar-refractivity contribution < 1.29 is 10.2 Å². The maximum atomic E-state index is 9.32. The largest absolute Gasteiger partial charge is 0.396 e. The van der Waals surface area contributed by atoms with Gasteiger partial charge in [0, 0.05) is 6.61 Å². The lowest BCUT2D eigenvalue weighted by Crippen LogP contribution is -2.10. The Morgan fingerprint density at radius 2 is 2.18 bits per heavy atom. The zero-order valence-electron chi connectivity index (χ0n) is 7.16. The van der Waals surface area contributed by atoms with Crippen molar-refractivity contribution in [1.29, 1.82) is 0 Å². The van der Waals surface area contributed by atoms with E-state index < -0.39 is 0 Å². The molecule has 2 nitrogen and oxygen atoms in total. The molecule has 0 amide bonds. The van der Waals surface area contributed by atoms with E-state index in [1.165, 1.54) is 0 Å². The summed E-state index contributed by atoms with van der Waals surface area (Å²) in [5.74, 6) is 0.365. The molecule has 0 aliphatic carbocycles. The summed E-state index contributed by atoms with van der Waals surface area (Å²) < 4.78 is 0. The van der Waals surface area contributed by atoms with Crippen molar-refractivity contribution in [2.45, 2.75) is 32.3 Å². The highest BCUT2D eigenvalue weighted by Crippen LogP contribution is 2.10. The summed E-state index contributed by atoms with van der Waals surface area (Å²) in [6.07, 6.45) is 3.68. The molecule has 0 rings (SSSR count). The van der Waals surface area contributed by atoms with Crippen LogP contribution in [0.4, 0.5) is 0 Å². The molecular weight excluding hydrogens is 140 g/mol. The molecule has 11 heavy (non-hydrogen) atoms. The third-order valence-corrected chi connectivity index (χ3v) is 1.74. The molecule has 0 aromatic rings. The Morgan fingerprint density at radius 3 is 2.64 bits per heavy atom. The van der Waals surface area contributed by atoms with E-state index in [1.54, 1.807) is 0 Å². The molecule has 0 spiro atoms. The monoisotopic (exact) mass is 158 g/mol. The minimum absolute atomic E-state index is 0.166. The Balaban J connectivity index is 3.34. The van der Waals surface area contributed by atoms with Crippen molar-refractivity contribution >= 4 is 0 Å². The van der Waals surface area contributed by atoms with Crippen molar-refractivity contribution in [3.8, 4) is 0 Å². The van der Waals surface area contributed by atoms with Crippen molar-refractivity contribution in [2.75, 3.05) is 6.61 Å². The summed E-state index contributed by atoms with van der Waals surface area (Å²) in [5, 5.41) is 17.8. The van der Waals surface area contributed by atoms with Crippen LogP contribution in [0.3, 0.4) is 0 Å². The van der Waals surface area contributed by atoms with E-state index >= 15 is 0 Å². The lowest BCUT2D eigenvalue weighted by molar-refractivity contribution is 0.131. The Morgan fingerprint density at radius 1 is 1.55 bits per heavy atom. The molecule has 0 aromatic heterocycles. The summed E-state index contributed by atoms with van der Waals surface area (Å²) >= 11 is 0. The maximum Gasteiger partial charge on any atom is 0.0546 e.